The van der Waals surface area contributed by atoms with Gasteiger partial charge in [0.15, 0.2) is 0 Å². The SMILES string of the molecule is C/C(=C/C=C(c1ccccc1)c1ccccc1)[C@H]1CCC2C3CC=C4C[C@@H](O)CC[C@]4(C)C3CC[C@@]21C. The van der Waals surface area contributed by atoms with Gasteiger partial charge in [0.25, 0.3) is 0 Å². The van der Waals surface area contributed by atoms with Gasteiger partial charge in [0.05, 0.1) is 6.10 Å². The van der Waals surface area contributed by atoms with E-state index in [1.165, 1.54) is 55.2 Å². The number of aliphatic hydroxyl groups is 1. The molecule has 194 valence electrons. The number of rotatable bonds is 4. The van der Waals surface area contributed by atoms with Crippen LogP contribution in [0.4, 0.5) is 0 Å². The van der Waals surface area contributed by atoms with Crippen molar-refractivity contribution >= 4 is 5.57 Å². The van der Waals surface area contributed by atoms with Gasteiger partial charge in [-0.1, -0.05) is 104 Å². The zero-order valence-electron chi connectivity index (χ0n) is 23.0. The van der Waals surface area contributed by atoms with E-state index in [9.17, 15) is 5.11 Å². The maximum absolute atomic E-state index is 10.3. The van der Waals surface area contributed by atoms with Crippen molar-refractivity contribution < 1.29 is 5.11 Å². The molecule has 6 rings (SSSR count). The van der Waals surface area contributed by atoms with Crippen LogP contribution in [0.3, 0.4) is 0 Å². The maximum Gasteiger partial charge on any atom is 0.0577 e. The van der Waals surface area contributed by atoms with Crippen molar-refractivity contribution in [2.45, 2.75) is 78.2 Å². The molecule has 0 aliphatic heterocycles. The zero-order valence-corrected chi connectivity index (χ0v) is 23.0. The van der Waals surface area contributed by atoms with Gasteiger partial charge in [-0.05, 0) is 109 Å². The fourth-order valence-corrected chi connectivity index (χ4v) is 9.32. The van der Waals surface area contributed by atoms with Gasteiger partial charge in [-0.3, -0.25) is 0 Å². The monoisotopic (exact) mass is 492 g/mol. The molecule has 3 saturated carbocycles. The molecule has 2 aromatic carbocycles. The highest BCUT2D eigenvalue weighted by Crippen LogP contribution is 2.67. The van der Waals surface area contributed by atoms with E-state index in [0.717, 1.165) is 30.6 Å². The molecule has 4 aliphatic carbocycles. The van der Waals surface area contributed by atoms with Gasteiger partial charge in [-0.15, -0.1) is 0 Å². The predicted molar refractivity (Wildman–Crippen MR) is 155 cm³/mol. The largest absolute Gasteiger partial charge is 0.393 e. The number of hydrogen-bond donors (Lipinski definition) is 1. The Morgan fingerprint density at radius 2 is 1.49 bits per heavy atom. The minimum Gasteiger partial charge on any atom is -0.393 e. The molecule has 0 heterocycles. The van der Waals surface area contributed by atoms with E-state index in [-0.39, 0.29) is 6.10 Å². The third-order valence-electron chi connectivity index (χ3n) is 11.3. The summed E-state index contributed by atoms with van der Waals surface area (Å²) in [6.07, 6.45) is 17.0. The van der Waals surface area contributed by atoms with Gasteiger partial charge < -0.3 is 5.11 Å². The Kier molecular flexibility index (Phi) is 6.56. The fraction of sp³-hybridized carbons (Fsp3) is 0.500. The van der Waals surface area contributed by atoms with Crippen molar-refractivity contribution in [3.05, 3.63) is 101 Å². The Balaban J connectivity index is 1.28. The first-order chi connectivity index (χ1) is 17.9. The van der Waals surface area contributed by atoms with Crippen LogP contribution in [-0.2, 0) is 0 Å². The van der Waals surface area contributed by atoms with Crippen LogP contribution in [0.25, 0.3) is 5.57 Å². The van der Waals surface area contributed by atoms with Crippen molar-refractivity contribution in [1.29, 1.82) is 0 Å². The van der Waals surface area contributed by atoms with Crippen molar-refractivity contribution in [3.63, 3.8) is 0 Å². The number of aliphatic hydroxyl groups excluding tert-OH is 1. The van der Waals surface area contributed by atoms with Crippen LogP contribution in [0.5, 0.6) is 0 Å². The summed E-state index contributed by atoms with van der Waals surface area (Å²) in [6.45, 7) is 7.58. The quantitative estimate of drug-likeness (QED) is 0.333. The standard InChI is InChI=1S/C36H44O/c1-25(14-16-30(26-10-6-4-7-11-26)27-12-8-5-9-13-27)32-18-19-33-31-17-15-28-24-29(37)20-22-35(28,2)34(31)21-23-36(32,33)3/h4-16,29,31-34,37H,17-24H2,1-3H3/b25-14-/t29-,31?,32+,33?,34?,35-,36+/m0/s1. The zero-order chi connectivity index (χ0) is 25.6. The van der Waals surface area contributed by atoms with Crippen molar-refractivity contribution in [3.8, 4) is 0 Å². The topological polar surface area (TPSA) is 20.2 Å². The summed E-state index contributed by atoms with van der Waals surface area (Å²) in [7, 11) is 0. The van der Waals surface area contributed by atoms with Crippen LogP contribution >= 0.6 is 0 Å². The van der Waals surface area contributed by atoms with Gasteiger partial charge in [-0.25, -0.2) is 0 Å². The minimum absolute atomic E-state index is 0.113. The number of fused-ring (bicyclic) bond motifs is 5. The summed E-state index contributed by atoms with van der Waals surface area (Å²) >= 11 is 0. The Hall–Kier alpha value is -2.38. The highest BCUT2D eigenvalue weighted by molar-refractivity contribution is 5.80. The third-order valence-corrected chi connectivity index (χ3v) is 11.3. The average Bonchev–Trinajstić information content (AvgIpc) is 3.28. The van der Waals surface area contributed by atoms with Gasteiger partial charge in [0, 0.05) is 0 Å². The molecule has 7 atom stereocenters. The second-order valence-corrected chi connectivity index (χ2v) is 13.1. The van der Waals surface area contributed by atoms with Crippen molar-refractivity contribution in [2.24, 2.45) is 34.5 Å². The molecular weight excluding hydrogens is 448 g/mol. The molecule has 1 N–H and O–H groups in total. The summed E-state index contributed by atoms with van der Waals surface area (Å²) in [4.78, 5) is 0. The van der Waals surface area contributed by atoms with Crippen LogP contribution in [0.15, 0.2) is 90.0 Å². The molecule has 0 aromatic heterocycles. The first-order valence-corrected chi connectivity index (χ1v) is 14.8. The molecule has 3 fully saturated rings. The summed E-state index contributed by atoms with van der Waals surface area (Å²) in [5.41, 5.74) is 7.75. The summed E-state index contributed by atoms with van der Waals surface area (Å²) in [5, 5.41) is 10.3. The maximum atomic E-state index is 10.3. The molecular formula is C36H44O. The van der Waals surface area contributed by atoms with E-state index in [1.54, 1.807) is 11.1 Å². The van der Waals surface area contributed by atoms with Crippen molar-refractivity contribution in [1.82, 2.24) is 0 Å². The molecule has 1 heteroatoms. The first kappa shape index (κ1) is 24.9. The van der Waals surface area contributed by atoms with Crippen LogP contribution in [0, 0.1) is 34.5 Å². The molecule has 2 aromatic rings. The third kappa shape index (κ3) is 4.28. The number of hydrogen-bond acceptors (Lipinski definition) is 1. The molecule has 4 aliphatic rings. The van der Waals surface area contributed by atoms with Crippen LogP contribution in [-0.4, -0.2) is 11.2 Å². The van der Waals surface area contributed by atoms with Crippen LogP contribution in [0.1, 0.15) is 83.3 Å². The molecule has 0 saturated heterocycles. The lowest BCUT2D eigenvalue weighted by Gasteiger charge is -2.58. The van der Waals surface area contributed by atoms with E-state index in [1.807, 2.05) is 0 Å². The molecule has 3 unspecified atom stereocenters. The van der Waals surface area contributed by atoms with E-state index < -0.39 is 0 Å². The molecule has 37 heavy (non-hydrogen) atoms. The molecule has 0 bridgehead atoms. The summed E-state index contributed by atoms with van der Waals surface area (Å²) in [6, 6.07) is 21.7. The molecule has 0 radical (unpaired) electrons. The van der Waals surface area contributed by atoms with Crippen LogP contribution in [0.2, 0.25) is 0 Å². The Morgan fingerprint density at radius 3 is 2.16 bits per heavy atom. The Bertz CT molecular complexity index is 1160. The van der Waals surface area contributed by atoms with E-state index in [0.29, 0.717) is 16.7 Å². The summed E-state index contributed by atoms with van der Waals surface area (Å²) < 4.78 is 0. The normalized spacial score (nSPS) is 37.1. The lowest BCUT2D eigenvalue weighted by atomic mass is 9.47. The van der Waals surface area contributed by atoms with Gasteiger partial charge >= 0.3 is 0 Å². The molecule has 0 amide bonds. The highest BCUT2D eigenvalue weighted by Gasteiger charge is 2.58. The smallest absolute Gasteiger partial charge is 0.0577 e. The van der Waals surface area contributed by atoms with Gasteiger partial charge in [0.1, 0.15) is 0 Å². The van der Waals surface area contributed by atoms with Gasteiger partial charge in [0.2, 0.25) is 0 Å². The Morgan fingerprint density at radius 1 is 0.811 bits per heavy atom. The van der Waals surface area contributed by atoms with Crippen LogP contribution < -0.4 is 0 Å². The first-order valence-electron chi connectivity index (χ1n) is 14.8. The lowest BCUT2D eigenvalue weighted by molar-refractivity contribution is -0.0454. The fourth-order valence-electron chi connectivity index (χ4n) is 9.32. The number of allylic oxidation sites excluding steroid dienone is 4. The minimum atomic E-state index is -0.113. The number of benzene rings is 2. The Labute approximate surface area is 224 Å². The highest BCUT2D eigenvalue weighted by atomic mass is 16.3. The van der Waals surface area contributed by atoms with E-state index in [2.05, 4.69) is 99.7 Å². The molecule has 1 nitrogen and oxygen atoms in total. The lowest BCUT2D eigenvalue weighted by Crippen LogP contribution is -2.50. The van der Waals surface area contributed by atoms with Gasteiger partial charge in [-0.2, -0.15) is 0 Å². The summed E-state index contributed by atoms with van der Waals surface area (Å²) in [5.74, 6) is 3.13. The molecule has 0 spiro atoms. The average molecular weight is 493 g/mol. The van der Waals surface area contributed by atoms with E-state index in [4.69, 9.17) is 0 Å². The second-order valence-electron chi connectivity index (χ2n) is 13.1. The second kappa shape index (κ2) is 9.73. The predicted octanol–water partition coefficient (Wildman–Crippen LogP) is 9.00. The van der Waals surface area contributed by atoms with Crippen molar-refractivity contribution in [2.75, 3.05) is 0 Å². The van der Waals surface area contributed by atoms with E-state index >= 15 is 0 Å².